The minimum absolute atomic E-state index is 0.0507. The molecule has 1 fully saturated rings. The molecule has 1 aromatic rings. The Morgan fingerprint density at radius 3 is 2.67 bits per heavy atom. The minimum Gasteiger partial charge on any atom is -0.314 e. The van der Waals surface area contributed by atoms with Gasteiger partial charge in [-0.1, -0.05) is 12.1 Å². The maximum absolute atomic E-state index is 13.9. The quantitative estimate of drug-likeness (QED) is 0.828. The van der Waals surface area contributed by atoms with Gasteiger partial charge in [0.25, 0.3) is 0 Å². The number of rotatable bonds is 4. The Morgan fingerprint density at radius 1 is 1.33 bits per heavy atom. The van der Waals surface area contributed by atoms with Crippen LogP contribution in [0.25, 0.3) is 0 Å². The summed E-state index contributed by atoms with van der Waals surface area (Å²) in [6.07, 6.45) is 2.46. The van der Waals surface area contributed by atoms with E-state index in [4.69, 9.17) is 0 Å². The van der Waals surface area contributed by atoms with Crippen LogP contribution in [0.3, 0.4) is 0 Å². The zero-order valence-electron chi connectivity index (χ0n) is 10.3. The van der Waals surface area contributed by atoms with Gasteiger partial charge in [0.05, 0.1) is 0 Å². The second kappa shape index (κ2) is 6.07. The number of hydrogen-bond donors (Lipinski definition) is 1. The van der Waals surface area contributed by atoms with Crippen molar-refractivity contribution >= 4 is 0 Å². The van der Waals surface area contributed by atoms with Crippen LogP contribution in [0.15, 0.2) is 30.9 Å². The Balaban J connectivity index is 2.24. The number of piperazine rings is 1. The molecule has 0 bridgehead atoms. The van der Waals surface area contributed by atoms with Crippen molar-refractivity contribution in [1.82, 2.24) is 10.2 Å². The van der Waals surface area contributed by atoms with Crippen LogP contribution in [-0.2, 0) is 0 Å². The monoisotopic (exact) mass is 252 g/mol. The van der Waals surface area contributed by atoms with E-state index in [1.54, 1.807) is 12.1 Å². The topological polar surface area (TPSA) is 15.3 Å². The van der Waals surface area contributed by atoms with Gasteiger partial charge in [-0.3, -0.25) is 4.90 Å². The van der Waals surface area contributed by atoms with Crippen LogP contribution < -0.4 is 5.32 Å². The lowest BCUT2D eigenvalue weighted by atomic mass is 10.0. The average Bonchev–Trinajstić information content (AvgIpc) is 2.38. The van der Waals surface area contributed by atoms with Gasteiger partial charge >= 0.3 is 0 Å². The third-order valence-electron chi connectivity index (χ3n) is 3.30. The fourth-order valence-corrected chi connectivity index (χ4v) is 2.40. The van der Waals surface area contributed by atoms with E-state index in [2.05, 4.69) is 16.8 Å². The Bertz CT molecular complexity index is 414. The summed E-state index contributed by atoms with van der Waals surface area (Å²) in [7, 11) is 0. The Hall–Kier alpha value is -1.26. The van der Waals surface area contributed by atoms with Gasteiger partial charge in [0.2, 0.25) is 0 Å². The molecular weight excluding hydrogens is 234 g/mol. The van der Waals surface area contributed by atoms with Crippen LogP contribution in [0, 0.1) is 11.6 Å². The molecule has 1 aliphatic rings. The molecule has 1 atom stereocenters. The normalized spacial score (nSPS) is 18.6. The summed E-state index contributed by atoms with van der Waals surface area (Å²) in [5.41, 5.74) is 0.554. The second-order valence-corrected chi connectivity index (χ2v) is 4.49. The predicted octanol–water partition coefficient (Wildman–Crippen LogP) is 2.49. The van der Waals surface area contributed by atoms with Gasteiger partial charge in [0.15, 0.2) is 0 Å². The molecule has 0 saturated carbocycles. The van der Waals surface area contributed by atoms with Gasteiger partial charge in [-0.2, -0.15) is 0 Å². The first-order chi connectivity index (χ1) is 8.72. The Kier molecular flexibility index (Phi) is 4.44. The van der Waals surface area contributed by atoms with Crippen LogP contribution in [-0.4, -0.2) is 31.1 Å². The van der Waals surface area contributed by atoms with Crippen LogP contribution in [0.2, 0.25) is 0 Å². The molecule has 2 nitrogen and oxygen atoms in total. The predicted molar refractivity (Wildman–Crippen MR) is 68.4 cm³/mol. The first-order valence-corrected chi connectivity index (χ1v) is 6.23. The fourth-order valence-electron chi connectivity index (χ4n) is 2.40. The van der Waals surface area contributed by atoms with Gasteiger partial charge in [-0.25, -0.2) is 8.78 Å². The summed E-state index contributed by atoms with van der Waals surface area (Å²) < 4.78 is 26.8. The standard InChI is InChI=1S/C14H18F2N2/c1-2-3-14(18-8-6-17-7-9-18)12-5-4-11(15)10-13(12)16/h2,4-5,10,14,17H,1,3,6-9H2/t14-/m0/s1. The molecule has 0 radical (unpaired) electrons. The van der Waals surface area contributed by atoms with Crippen molar-refractivity contribution in [3.8, 4) is 0 Å². The molecule has 1 saturated heterocycles. The van der Waals surface area contributed by atoms with Gasteiger partial charge < -0.3 is 5.32 Å². The van der Waals surface area contributed by atoms with Crippen LogP contribution in [0.5, 0.6) is 0 Å². The summed E-state index contributed by atoms with van der Waals surface area (Å²) >= 11 is 0. The number of nitrogens with one attached hydrogen (secondary N) is 1. The zero-order valence-corrected chi connectivity index (χ0v) is 10.3. The second-order valence-electron chi connectivity index (χ2n) is 4.49. The molecule has 4 heteroatoms. The van der Waals surface area contributed by atoms with Gasteiger partial charge in [0, 0.05) is 43.9 Å². The molecule has 0 spiro atoms. The molecule has 1 aromatic carbocycles. The van der Waals surface area contributed by atoms with Crippen LogP contribution >= 0.6 is 0 Å². The largest absolute Gasteiger partial charge is 0.314 e. The Morgan fingerprint density at radius 2 is 2.06 bits per heavy atom. The third-order valence-corrected chi connectivity index (χ3v) is 3.30. The molecule has 1 N–H and O–H groups in total. The molecular formula is C14H18F2N2. The maximum atomic E-state index is 13.9. The van der Waals surface area contributed by atoms with E-state index in [0.717, 1.165) is 32.2 Å². The summed E-state index contributed by atoms with van der Waals surface area (Å²) in [6.45, 7) is 7.27. The van der Waals surface area contributed by atoms with Crippen molar-refractivity contribution in [2.45, 2.75) is 12.5 Å². The van der Waals surface area contributed by atoms with Crippen molar-refractivity contribution in [2.24, 2.45) is 0 Å². The lowest BCUT2D eigenvalue weighted by molar-refractivity contribution is 0.171. The summed E-state index contributed by atoms with van der Waals surface area (Å²) in [4.78, 5) is 2.22. The van der Waals surface area contributed by atoms with E-state index in [-0.39, 0.29) is 6.04 Å². The van der Waals surface area contributed by atoms with Gasteiger partial charge in [0.1, 0.15) is 11.6 Å². The highest BCUT2D eigenvalue weighted by Gasteiger charge is 2.23. The first kappa shape index (κ1) is 13.2. The molecule has 1 aliphatic heterocycles. The SMILES string of the molecule is C=CC[C@@H](c1ccc(F)cc1F)N1CCNCC1. The fraction of sp³-hybridized carbons (Fsp3) is 0.429. The van der Waals surface area contributed by atoms with E-state index in [1.165, 1.54) is 6.07 Å². The van der Waals surface area contributed by atoms with Crippen LogP contribution in [0.1, 0.15) is 18.0 Å². The lowest BCUT2D eigenvalue weighted by Gasteiger charge is -2.34. The highest BCUT2D eigenvalue weighted by molar-refractivity contribution is 5.23. The first-order valence-electron chi connectivity index (χ1n) is 6.23. The highest BCUT2D eigenvalue weighted by atomic mass is 19.1. The van der Waals surface area contributed by atoms with E-state index in [9.17, 15) is 8.78 Å². The Labute approximate surface area is 106 Å². The molecule has 18 heavy (non-hydrogen) atoms. The van der Waals surface area contributed by atoms with E-state index < -0.39 is 11.6 Å². The maximum Gasteiger partial charge on any atom is 0.130 e. The summed E-state index contributed by atoms with van der Waals surface area (Å²) in [5, 5.41) is 3.27. The smallest absolute Gasteiger partial charge is 0.130 e. The van der Waals surface area contributed by atoms with E-state index in [0.29, 0.717) is 12.0 Å². The lowest BCUT2D eigenvalue weighted by Crippen LogP contribution is -2.45. The van der Waals surface area contributed by atoms with Gasteiger partial charge in [-0.05, 0) is 12.5 Å². The van der Waals surface area contributed by atoms with Crippen molar-refractivity contribution < 1.29 is 8.78 Å². The number of benzene rings is 1. The highest BCUT2D eigenvalue weighted by Crippen LogP contribution is 2.27. The zero-order chi connectivity index (χ0) is 13.0. The van der Waals surface area contributed by atoms with Crippen molar-refractivity contribution in [3.05, 3.63) is 48.1 Å². The third kappa shape index (κ3) is 2.94. The number of hydrogen-bond acceptors (Lipinski definition) is 2. The van der Waals surface area contributed by atoms with Gasteiger partial charge in [-0.15, -0.1) is 6.58 Å². The molecule has 0 unspecified atom stereocenters. The molecule has 98 valence electrons. The number of nitrogens with zero attached hydrogens (tertiary/aromatic N) is 1. The summed E-state index contributed by atoms with van der Waals surface area (Å²) in [5.74, 6) is -1.01. The van der Waals surface area contributed by atoms with Crippen molar-refractivity contribution in [2.75, 3.05) is 26.2 Å². The van der Waals surface area contributed by atoms with Crippen LogP contribution in [0.4, 0.5) is 8.78 Å². The molecule has 2 rings (SSSR count). The molecule has 0 aromatic heterocycles. The number of halogens is 2. The molecule has 0 aliphatic carbocycles. The van der Waals surface area contributed by atoms with E-state index in [1.807, 2.05) is 0 Å². The van der Waals surface area contributed by atoms with Crippen molar-refractivity contribution in [1.29, 1.82) is 0 Å². The van der Waals surface area contributed by atoms with E-state index >= 15 is 0 Å². The van der Waals surface area contributed by atoms with Crippen molar-refractivity contribution in [3.63, 3.8) is 0 Å². The molecule has 0 amide bonds. The summed E-state index contributed by atoms with van der Waals surface area (Å²) in [6, 6.07) is 3.76. The molecule has 1 heterocycles. The minimum atomic E-state index is -0.533. The average molecular weight is 252 g/mol.